The van der Waals surface area contributed by atoms with Crippen molar-refractivity contribution in [3.8, 4) is 11.5 Å². The molecule has 128 valence electrons. The van der Waals surface area contributed by atoms with Gasteiger partial charge in [-0.3, -0.25) is 4.79 Å². The van der Waals surface area contributed by atoms with Gasteiger partial charge in [-0.1, -0.05) is 24.8 Å². The number of benzene rings is 2. The van der Waals surface area contributed by atoms with Crippen molar-refractivity contribution < 1.29 is 19.1 Å². The van der Waals surface area contributed by atoms with Crippen LogP contribution in [0.15, 0.2) is 66.8 Å². The minimum atomic E-state index is -0.491. The summed E-state index contributed by atoms with van der Waals surface area (Å²) in [5.74, 6) is 0.548. The van der Waals surface area contributed by atoms with Crippen LogP contribution in [0.4, 0.5) is 0 Å². The monoisotopic (exact) mass is 336 g/mol. The van der Waals surface area contributed by atoms with E-state index >= 15 is 0 Å². The predicted octanol–water partition coefficient (Wildman–Crippen LogP) is 4.46. The molecule has 0 fully saturated rings. The van der Waals surface area contributed by atoms with Gasteiger partial charge in [0.1, 0.15) is 11.5 Å². The summed E-state index contributed by atoms with van der Waals surface area (Å²) in [6, 6.07) is 13.9. The highest BCUT2D eigenvalue weighted by Gasteiger charge is 2.07. The van der Waals surface area contributed by atoms with Crippen LogP contribution in [0.3, 0.4) is 0 Å². The van der Waals surface area contributed by atoms with E-state index < -0.39 is 5.97 Å². The second-order valence-corrected chi connectivity index (χ2v) is 5.39. The molecule has 0 amide bonds. The van der Waals surface area contributed by atoms with Crippen molar-refractivity contribution in [1.82, 2.24) is 0 Å². The topological polar surface area (TPSA) is 52.6 Å². The Labute approximate surface area is 147 Å². The number of rotatable bonds is 7. The number of allylic oxidation sites excluding steroid dienone is 1. The summed E-state index contributed by atoms with van der Waals surface area (Å²) in [5.41, 5.74) is 1.74. The van der Waals surface area contributed by atoms with Crippen molar-refractivity contribution >= 4 is 17.8 Å². The van der Waals surface area contributed by atoms with E-state index in [1.165, 1.54) is 6.08 Å². The van der Waals surface area contributed by atoms with Crippen molar-refractivity contribution in [3.63, 3.8) is 0 Å². The lowest BCUT2D eigenvalue weighted by atomic mass is 10.1. The summed E-state index contributed by atoms with van der Waals surface area (Å²) in [5, 5.41) is 0. The first-order valence-corrected chi connectivity index (χ1v) is 7.92. The summed E-state index contributed by atoms with van der Waals surface area (Å²) in [4.78, 5) is 23.6. The summed E-state index contributed by atoms with van der Waals surface area (Å²) < 4.78 is 10.5. The first-order valence-electron chi connectivity index (χ1n) is 7.92. The molecule has 25 heavy (non-hydrogen) atoms. The van der Waals surface area contributed by atoms with Crippen LogP contribution >= 0.6 is 0 Å². The molecule has 0 aliphatic heterocycles. The molecule has 4 nitrogen and oxygen atoms in total. The third-order valence-electron chi connectivity index (χ3n) is 3.32. The summed E-state index contributed by atoms with van der Waals surface area (Å²) in [6.45, 7) is 7.64. The molecule has 0 aliphatic carbocycles. The normalized spacial score (nSPS) is 10.5. The van der Waals surface area contributed by atoms with E-state index in [-0.39, 0.29) is 5.78 Å². The molecule has 0 radical (unpaired) electrons. The van der Waals surface area contributed by atoms with Crippen LogP contribution in [-0.4, -0.2) is 18.4 Å². The Balaban J connectivity index is 2.00. The molecule has 0 aromatic heterocycles. The van der Waals surface area contributed by atoms with Gasteiger partial charge >= 0.3 is 5.97 Å². The van der Waals surface area contributed by atoms with E-state index in [9.17, 15) is 9.59 Å². The Morgan fingerprint density at radius 3 is 2.16 bits per heavy atom. The highest BCUT2D eigenvalue weighted by molar-refractivity contribution is 6.06. The molecule has 0 saturated heterocycles. The summed E-state index contributed by atoms with van der Waals surface area (Å²) in [6.07, 6.45) is 3.25. The maximum absolute atomic E-state index is 12.2. The van der Waals surface area contributed by atoms with Gasteiger partial charge in [0.05, 0.1) is 6.61 Å². The van der Waals surface area contributed by atoms with E-state index in [0.29, 0.717) is 23.5 Å². The fraction of sp³-hybridized carbons (Fsp3) is 0.143. The van der Waals surface area contributed by atoms with Crippen molar-refractivity contribution in [3.05, 3.63) is 77.9 Å². The Morgan fingerprint density at radius 2 is 1.60 bits per heavy atom. The molecule has 0 bridgehead atoms. The molecule has 0 aliphatic rings. The van der Waals surface area contributed by atoms with Crippen LogP contribution in [-0.2, 0) is 4.79 Å². The lowest BCUT2D eigenvalue weighted by Gasteiger charge is -2.04. The molecule has 0 saturated carbocycles. The maximum atomic E-state index is 12.2. The van der Waals surface area contributed by atoms with Gasteiger partial charge in [0, 0.05) is 11.1 Å². The van der Waals surface area contributed by atoms with E-state index in [1.54, 1.807) is 37.3 Å². The Morgan fingerprint density at radius 1 is 1.00 bits per heavy atom. The third kappa shape index (κ3) is 5.46. The minimum Gasteiger partial charge on any atom is -0.494 e. The number of carbonyl (C=O) groups is 2. The zero-order valence-electron chi connectivity index (χ0n) is 14.3. The van der Waals surface area contributed by atoms with E-state index in [4.69, 9.17) is 9.47 Å². The average molecular weight is 336 g/mol. The average Bonchev–Trinajstić information content (AvgIpc) is 2.61. The number of carbonyl (C=O) groups excluding carboxylic acids is 2. The number of ether oxygens (including phenoxy) is 2. The van der Waals surface area contributed by atoms with Crippen LogP contribution in [0, 0.1) is 0 Å². The molecule has 0 spiro atoms. The van der Waals surface area contributed by atoms with Gasteiger partial charge in [-0.2, -0.15) is 0 Å². The number of ketones is 1. The molecular weight excluding hydrogens is 316 g/mol. The van der Waals surface area contributed by atoms with Crippen molar-refractivity contribution in [2.24, 2.45) is 0 Å². The Kier molecular flexibility index (Phi) is 6.29. The first-order chi connectivity index (χ1) is 12.0. The van der Waals surface area contributed by atoms with Crippen LogP contribution in [0.2, 0.25) is 0 Å². The lowest BCUT2D eigenvalue weighted by molar-refractivity contribution is -0.130. The molecule has 4 heteroatoms. The molecule has 2 aromatic carbocycles. The van der Waals surface area contributed by atoms with Crippen molar-refractivity contribution in [2.45, 2.75) is 13.8 Å². The zero-order valence-corrected chi connectivity index (χ0v) is 14.3. The molecule has 0 N–H and O–H groups in total. The second kappa shape index (κ2) is 8.64. The van der Waals surface area contributed by atoms with Gasteiger partial charge in [-0.05, 0) is 61.9 Å². The van der Waals surface area contributed by atoms with Crippen LogP contribution < -0.4 is 9.47 Å². The molecule has 0 heterocycles. The van der Waals surface area contributed by atoms with Gasteiger partial charge in [0.25, 0.3) is 0 Å². The molecule has 2 rings (SSSR count). The smallest absolute Gasteiger partial charge is 0.338 e. The largest absolute Gasteiger partial charge is 0.494 e. The first kappa shape index (κ1) is 18.2. The SMILES string of the molecule is C=C(C)C(=O)Oc1ccc(C(=O)C=Cc2ccc(OCC)cc2)cc1. The van der Waals surface area contributed by atoms with E-state index in [2.05, 4.69) is 6.58 Å². The summed E-state index contributed by atoms with van der Waals surface area (Å²) in [7, 11) is 0. The fourth-order valence-electron chi connectivity index (χ4n) is 1.99. The van der Waals surface area contributed by atoms with Gasteiger partial charge in [-0.25, -0.2) is 4.79 Å². The third-order valence-corrected chi connectivity index (χ3v) is 3.32. The predicted molar refractivity (Wildman–Crippen MR) is 97.9 cm³/mol. The van der Waals surface area contributed by atoms with Crippen molar-refractivity contribution in [2.75, 3.05) is 6.61 Å². The molecule has 0 unspecified atom stereocenters. The molecule has 2 aromatic rings. The maximum Gasteiger partial charge on any atom is 0.338 e. The number of hydrogen-bond acceptors (Lipinski definition) is 4. The summed E-state index contributed by atoms with van der Waals surface area (Å²) >= 11 is 0. The quantitative estimate of drug-likeness (QED) is 0.324. The highest BCUT2D eigenvalue weighted by Crippen LogP contribution is 2.16. The van der Waals surface area contributed by atoms with Gasteiger partial charge in [-0.15, -0.1) is 0 Å². The van der Waals surface area contributed by atoms with Crippen molar-refractivity contribution in [1.29, 1.82) is 0 Å². The van der Waals surface area contributed by atoms with Gasteiger partial charge < -0.3 is 9.47 Å². The van der Waals surface area contributed by atoms with E-state index in [0.717, 1.165) is 11.3 Å². The van der Waals surface area contributed by atoms with E-state index in [1.807, 2.05) is 31.2 Å². The lowest BCUT2D eigenvalue weighted by Crippen LogP contribution is -2.08. The van der Waals surface area contributed by atoms with Crippen LogP contribution in [0.1, 0.15) is 29.8 Å². The van der Waals surface area contributed by atoms with Crippen LogP contribution in [0.25, 0.3) is 6.08 Å². The Bertz CT molecular complexity index is 784. The standard InChI is InChI=1S/C21H20O4/c1-4-24-18-10-5-16(6-11-18)7-14-20(22)17-8-12-19(13-9-17)25-21(23)15(2)3/h5-14H,2,4H2,1,3H3. The number of hydrogen-bond donors (Lipinski definition) is 0. The van der Waals surface area contributed by atoms with Crippen LogP contribution in [0.5, 0.6) is 11.5 Å². The molecule has 0 atom stereocenters. The zero-order chi connectivity index (χ0) is 18.2. The molecular formula is C21H20O4. The fourth-order valence-corrected chi connectivity index (χ4v) is 1.99. The second-order valence-electron chi connectivity index (χ2n) is 5.39. The number of esters is 1. The van der Waals surface area contributed by atoms with Gasteiger partial charge in [0.15, 0.2) is 5.78 Å². The Hall–Kier alpha value is -3.14. The minimum absolute atomic E-state index is 0.133. The van der Waals surface area contributed by atoms with Gasteiger partial charge in [0.2, 0.25) is 0 Å². The highest BCUT2D eigenvalue weighted by atomic mass is 16.5.